The Hall–Kier alpha value is -0.343. The van der Waals surface area contributed by atoms with Crippen LogP contribution in [-0.4, -0.2) is 14.4 Å². The van der Waals surface area contributed by atoms with E-state index in [1.165, 1.54) is 5.57 Å². The molecule has 0 aromatic carbocycles. The van der Waals surface area contributed by atoms with Gasteiger partial charge in [-0.3, -0.25) is 0 Å². The molecule has 0 saturated carbocycles. The van der Waals surface area contributed by atoms with Crippen LogP contribution in [0.25, 0.3) is 0 Å². The fourth-order valence-electron chi connectivity index (χ4n) is 1.64. The highest BCUT2D eigenvalue weighted by molar-refractivity contribution is 6.69. The maximum absolute atomic E-state index is 5.96. The van der Waals surface area contributed by atoms with Gasteiger partial charge in [-0.05, 0) is 45.0 Å². The summed E-state index contributed by atoms with van der Waals surface area (Å²) in [6, 6.07) is 0. The van der Waals surface area contributed by atoms with E-state index in [2.05, 4.69) is 44.8 Å². The van der Waals surface area contributed by atoms with E-state index in [0.717, 1.165) is 12.8 Å². The zero-order valence-electron chi connectivity index (χ0n) is 9.13. The summed E-state index contributed by atoms with van der Waals surface area (Å²) in [6.07, 6.45) is 9.25. The summed E-state index contributed by atoms with van der Waals surface area (Å²) in [5.74, 6) is 0. The molecule has 0 fully saturated rings. The molecule has 0 aromatic heterocycles. The Morgan fingerprint density at radius 2 is 2.15 bits per heavy atom. The molecular formula is C11H20OSi. The summed E-state index contributed by atoms with van der Waals surface area (Å²) >= 11 is 0. The van der Waals surface area contributed by atoms with Gasteiger partial charge < -0.3 is 4.43 Å². The fourth-order valence-corrected chi connectivity index (χ4v) is 2.93. The van der Waals surface area contributed by atoms with Gasteiger partial charge in [-0.25, -0.2) is 0 Å². The van der Waals surface area contributed by atoms with Gasteiger partial charge in [0.15, 0.2) is 8.32 Å². The number of hydrogen-bond donors (Lipinski definition) is 0. The molecule has 1 nitrogen and oxygen atoms in total. The van der Waals surface area contributed by atoms with E-state index in [4.69, 9.17) is 4.43 Å². The summed E-state index contributed by atoms with van der Waals surface area (Å²) in [4.78, 5) is 0. The number of allylic oxidation sites excluding steroid dienone is 3. The minimum absolute atomic E-state index is 0.376. The van der Waals surface area contributed by atoms with Crippen molar-refractivity contribution in [1.29, 1.82) is 0 Å². The molecule has 1 atom stereocenters. The maximum atomic E-state index is 5.96. The monoisotopic (exact) mass is 196 g/mol. The average molecular weight is 196 g/mol. The largest absolute Gasteiger partial charge is 0.415 e. The van der Waals surface area contributed by atoms with Crippen molar-refractivity contribution >= 4 is 8.32 Å². The molecule has 0 aliphatic heterocycles. The minimum Gasteiger partial charge on any atom is -0.415 e. The van der Waals surface area contributed by atoms with Crippen molar-refractivity contribution in [3.8, 4) is 0 Å². The Morgan fingerprint density at radius 3 is 2.62 bits per heavy atom. The molecule has 0 aromatic rings. The Kier molecular flexibility index (Phi) is 3.51. The second-order valence-corrected chi connectivity index (χ2v) is 9.12. The molecule has 0 radical (unpaired) electrons. The first-order valence-corrected chi connectivity index (χ1v) is 8.41. The third-order valence-corrected chi connectivity index (χ3v) is 3.04. The predicted octanol–water partition coefficient (Wildman–Crippen LogP) is 3.50. The summed E-state index contributed by atoms with van der Waals surface area (Å²) in [7, 11) is -1.34. The molecule has 1 aliphatic rings. The van der Waals surface area contributed by atoms with Crippen molar-refractivity contribution in [2.45, 2.75) is 45.5 Å². The number of hydrogen-bond acceptors (Lipinski definition) is 1. The molecular weight excluding hydrogens is 176 g/mol. The van der Waals surface area contributed by atoms with Crippen LogP contribution >= 0.6 is 0 Å². The molecule has 1 aliphatic carbocycles. The van der Waals surface area contributed by atoms with E-state index in [-0.39, 0.29) is 0 Å². The van der Waals surface area contributed by atoms with Crippen molar-refractivity contribution in [1.82, 2.24) is 0 Å². The van der Waals surface area contributed by atoms with Crippen LogP contribution in [0.4, 0.5) is 0 Å². The first kappa shape index (κ1) is 10.7. The molecule has 0 saturated heterocycles. The van der Waals surface area contributed by atoms with Crippen LogP contribution in [0.2, 0.25) is 19.6 Å². The molecule has 1 unspecified atom stereocenters. The van der Waals surface area contributed by atoms with Crippen LogP contribution in [0.15, 0.2) is 23.8 Å². The Bertz CT molecular complexity index is 223. The zero-order valence-corrected chi connectivity index (χ0v) is 10.1. The molecule has 0 amide bonds. The zero-order chi connectivity index (χ0) is 9.90. The second kappa shape index (κ2) is 4.25. The quantitative estimate of drug-likeness (QED) is 0.625. The van der Waals surface area contributed by atoms with Crippen molar-refractivity contribution in [3.63, 3.8) is 0 Å². The van der Waals surface area contributed by atoms with Crippen molar-refractivity contribution in [2.24, 2.45) is 0 Å². The van der Waals surface area contributed by atoms with Crippen molar-refractivity contribution in [2.75, 3.05) is 0 Å². The lowest BCUT2D eigenvalue weighted by molar-refractivity contribution is 0.215. The lowest BCUT2D eigenvalue weighted by atomic mass is 10.1. The Morgan fingerprint density at radius 1 is 1.46 bits per heavy atom. The van der Waals surface area contributed by atoms with Gasteiger partial charge in [0.05, 0.1) is 0 Å². The highest BCUT2D eigenvalue weighted by Gasteiger charge is 2.18. The van der Waals surface area contributed by atoms with Gasteiger partial charge in [0.1, 0.15) is 0 Å². The van der Waals surface area contributed by atoms with Crippen LogP contribution in [0, 0.1) is 0 Å². The molecule has 0 N–H and O–H groups in total. The molecule has 0 heterocycles. The Balaban J connectivity index is 2.33. The third kappa shape index (κ3) is 4.43. The van der Waals surface area contributed by atoms with Gasteiger partial charge in [0, 0.05) is 6.10 Å². The van der Waals surface area contributed by atoms with E-state index in [9.17, 15) is 0 Å². The lowest BCUT2D eigenvalue weighted by Gasteiger charge is -2.23. The van der Waals surface area contributed by atoms with E-state index in [1.54, 1.807) is 0 Å². The smallest absolute Gasteiger partial charge is 0.184 e. The highest BCUT2D eigenvalue weighted by Crippen LogP contribution is 2.18. The van der Waals surface area contributed by atoms with E-state index >= 15 is 0 Å². The summed E-state index contributed by atoms with van der Waals surface area (Å²) in [6.45, 7) is 8.89. The number of rotatable bonds is 4. The molecule has 74 valence electrons. The Labute approximate surface area is 82.6 Å². The summed E-state index contributed by atoms with van der Waals surface area (Å²) in [5, 5.41) is 0. The SMILES string of the molecule is CC(CC1=CCC=C1)O[Si](C)(C)C. The normalized spacial score (nSPS) is 18.9. The van der Waals surface area contributed by atoms with E-state index in [0.29, 0.717) is 6.10 Å². The molecule has 0 spiro atoms. The van der Waals surface area contributed by atoms with Gasteiger partial charge in [-0.2, -0.15) is 0 Å². The van der Waals surface area contributed by atoms with Crippen molar-refractivity contribution in [3.05, 3.63) is 23.8 Å². The minimum atomic E-state index is -1.34. The first-order chi connectivity index (χ1) is 5.97. The van der Waals surface area contributed by atoms with Crippen LogP contribution in [0.3, 0.4) is 0 Å². The maximum Gasteiger partial charge on any atom is 0.184 e. The van der Waals surface area contributed by atoms with E-state index < -0.39 is 8.32 Å². The molecule has 2 heteroatoms. The van der Waals surface area contributed by atoms with Crippen molar-refractivity contribution < 1.29 is 4.43 Å². The van der Waals surface area contributed by atoms with Crippen LogP contribution in [0.5, 0.6) is 0 Å². The average Bonchev–Trinajstić information content (AvgIpc) is 2.34. The summed E-state index contributed by atoms with van der Waals surface area (Å²) < 4.78 is 5.96. The first-order valence-electron chi connectivity index (χ1n) is 5.01. The molecule has 1 rings (SSSR count). The van der Waals surface area contributed by atoms with Gasteiger partial charge in [0.25, 0.3) is 0 Å². The standard InChI is InChI=1S/C11H20OSi/c1-10(12-13(2,3)4)9-11-7-5-6-8-11/h5,7-8,10H,6,9H2,1-4H3. The predicted molar refractivity (Wildman–Crippen MR) is 60.4 cm³/mol. The van der Waals surface area contributed by atoms with Gasteiger partial charge in [-0.1, -0.05) is 18.2 Å². The molecule has 13 heavy (non-hydrogen) atoms. The van der Waals surface area contributed by atoms with Gasteiger partial charge >= 0.3 is 0 Å². The van der Waals surface area contributed by atoms with Crippen LogP contribution in [0.1, 0.15) is 19.8 Å². The van der Waals surface area contributed by atoms with E-state index in [1.807, 2.05) is 0 Å². The highest BCUT2D eigenvalue weighted by atomic mass is 28.4. The third-order valence-electron chi connectivity index (χ3n) is 1.93. The molecule has 0 bridgehead atoms. The van der Waals surface area contributed by atoms with Gasteiger partial charge in [0.2, 0.25) is 0 Å². The second-order valence-electron chi connectivity index (χ2n) is 4.66. The lowest BCUT2D eigenvalue weighted by Crippen LogP contribution is -2.30. The summed E-state index contributed by atoms with van der Waals surface area (Å²) in [5.41, 5.74) is 1.44. The van der Waals surface area contributed by atoms with Crippen LogP contribution < -0.4 is 0 Å². The van der Waals surface area contributed by atoms with Crippen LogP contribution in [-0.2, 0) is 4.43 Å². The fraction of sp³-hybridized carbons (Fsp3) is 0.636. The van der Waals surface area contributed by atoms with Gasteiger partial charge in [-0.15, -0.1) is 0 Å². The topological polar surface area (TPSA) is 9.23 Å².